The third-order valence-electron chi connectivity index (χ3n) is 4.05. The molecule has 0 bridgehead atoms. The Bertz CT molecular complexity index is 588. The van der Waals surface area contributed by atoms with Gasteiger partial charge in [-0.2, -0.15) is 17.4 Å². The smallest absolute Gasteiger partial charge is 0.279 e. The summed E-state index contributed by atoms with van der Waals surface area (Å²) in [5.74, 6) is 0. The highest BCUT2D eigenvalue weighted by molar-refractivity contribution is 7.87. The SMILES string of the molecule is CCCN(C)S(=O)(=O)NCC1(O)CCCc2ccccc21. The third-order valence-corrected chi connectivity index (χ3v) is 5.56. The van der Waals surface area contributed by atoms with Crippen molar-refractivity contribution in [2.45, 2.75) is 38.2 Å². The number of hydrogen-bond acceptors (Lipinski definition) is 3. The number of benzene rings is 1. The molecule has 6 heteroatoms. The predicted molar refractivity (Wildman–Crippen MR) is 83.1 cm³/mol. The largest absolute Gasteiger partial charge is 0.384 e. The predicted octanol–water partition coefficient (Wildman–Crippen LogP) is 1.39. The van der Waals surface area contributed by atoms with Crippen molar-refractivity contribution in [3.05, 3.63) is 35.4 Å². The Kier molecular flexibility index (Phi) is 5.03. The Labute approximate surface area is 127 Å². The Morgan fingerprint density at radius 1 is 1.38 bits per heavy atom. The quantitative estimate of drug-likeness (QED) is 0.834. The van der Waals surface area contributed by atoms with Gasteiger partial charge in [0.15, 0.2) is 0 Å². The zero-order valence-corrected chi connectivity index (χ0v) is 13.5. The lowest BCUT2D eigenvalue weighted by atomic mass is 9.79. The first kappa shape index (κ1) is 16.4. The van der Waals surface area contributed by atoms with Crippen LogP contribution in [0.1, 0.15) is 37.3 Å². The molecule has 0 aromatic heterocycles. The average molecular weight is 312 g/mol. The summed E-state index contributed by atoms with van der Waals surface area (Å²) in [5, 5.41) is 10.9. The van der Waals surface area contributed by atoms with Crippen LogP contribution in [0.2, 0.25) is 0 Å². The van der Waals surface area contributed by atoms with Gasteiger partial charge in [-0.25, -0.2) is 0 Å². The highest BCUT2D eigenvalue weighted by Crippen LogP contribution is 2.34. The van der Waals surface area contributed by atoms with Crippen LogP contribution < -0.4 is 4.72 Å². The van der Waals surface area contributed by atoms with Crippen LogP contribution in [-0.4, -0.2) is 38.0 Å². The topological polar surface area (TPSA) is 69.6 Å². The monoisotopic (exact) mass is 312 g/mol. The molecule has 0 amide bonds. The number of nitrogens with zero attached hydrogens (tertiary/aromatic N) is 1. The minimum atomic E-state index is -3.54. The van der Waals surface area contributed by atoms with Gasteiger partial charge in [0.05, 0.1) is 0 Å². The summed E-state index contributed by atoms with van der Waals surface area (Å²) in [6.07, 6.45) is 3.12. The molecule has 118 valence electrons. The van der Waals surface area contributed by atoms with Crippen LogP contribution in [0.5, 0.6) is 0 Å². The molecule has 0 radical (unpaired) electrons. The number of aryl methyl sites for hydroxylation is 1. The molecule has 0 saturated carbocycles. The number of nitrogens with one attached hydrogen (secondary N) is 1. The molecular weight excluding hydrogens is 288 g/mol. The van der Waals surface area contributed by atoms with Gasteiger partial charge in [0.25, 0.3) is 10.2 Å². The number of aliphatic hydroxyl groups is 1. The van der Waals surface area contributed by atoms with E-state index in [1.165, 1.54) is 4.31 Å². The maximum atomic E-state index is 12.1. The minimum Gasteiger partial charge on any atom is -0.384 e. The summed E-state index contributed by atoms with van der Waals surface area (Å²) < 4.78 is 28.1. The van der Waals surface area contributed by atoms with Crippen LogP contribution in [0.3, 0.4) is 0 Å². The van der Waals surface area contributed by atoms with E-state index in [1.807, 2.05) is 31.2 Å². The van der Waals surface area contributed by atoms with E-state index in [-0.39, 0.29) is 6.54 Å². The summed E-state index contributed by atoms with van der Waals surface area (Å²) in [6.45, 7) is 2.40. The standard InChI is InChI=1S/C15H24N2O3S/c1-3-11-17(2)21(19,20)16-12-15(18)10-6-8-13-7-4-5-9-14(13)15/h4-5,7,9,16,18H,3,6,8,10-12H2,1-2H3. The molecule has 2 N–H and O–H groups in total. The zero-order valence-electron chi connectivity index (χ0n) is 12.7. The summed E-state index contributed by atoms with van der Waals surface area (Å²) in [6, 6.07) is 7.71. The summed E-state index contributed by atoms with van der Waals surface area (Å²) >= 11 is 0. The Balaban J connectivity index is 2.13. The molecule has 0 saturated heterocycles. The molecular formula is C15H24N2O3S. The van der Waals surface area contributed by atoms with Crippen molar-refractivity contribution in [3.63, 3.8) is 0 Å². The lowest BCUT2D eigenvalue weighted by molar-refractivity contribution is 0.0240. The first-order valence-electron chi connectivity index (χ1n) is 7.41. The fourth-order valence-corrected chi connectivity index (χ4v) is 3.90. The molecule has 1 aliphatic carbocycles. The molecule has 1 atom stereocenters. The van der Waals surface area contributed by atoms with E-state index in [1.54, 1.807) is 7.05 Å². The molecule has 5 nitrogen and oxygen atoms in total. The van der Waals surface area contributed by atoms with E-state index < -0.39 is 15.8 Å². The van der Waals surface area contributed by atoms with Crippen molar-refractivity contribution in [3.8, 4) is 0 Å². The second-order valence-electron chi connectivity index (χ2n) is 5.69. The molecule has 1 aromatic rings. The zero-order chi connectivity index (χ0) is 15.5. The van der Waals surface area contributed by atoms with Crippen molar-refractivity contribution in [2.24, 2.45) is 0 Å². The fraction of sp³-hybridized carbons (Fsp3) is 0.600. The molecule has 0 heterocycles. The molecule has 0 spiro atoms. The van der Waals surface area contributed by atoms with Gasteiger partial charge in [0.2, 0.25) is 0 Å². The first-order valence-corrected chi connectivity index (χ1v) is 8.85. The van der Waals surface area contributed by atoms with E-state index in [0.29, 0.717) is 13.0 Å². The van der Waals surface area contributed by atoms with Gasteiger partial charge >= 0.3 is 0 Å². The maximum absolute atomic E-state index is 12.1. The third kappa shape index (κ3) is 3.63. The normalized spacial score (nSPS) is 22.3. The average Bonchev–Trinajstić information content (AvgIpc) is 2.46. The number of rotatable bonds is 6. The highest BCUT2D eigenvalue weighted by Gasteiger charge is 2.35. The Hall–Kier alpha value is -0.950. The summed E-state index contributed by atoms with van der Waals surface area (Å²) in [4.78, 5) is 0. The highest BCUT2D eigenvalue weighted by atomic mass is 32.2. The van der Waals surface area contributed by atoms with Gasteiger partial charge in [-0.15, -0.1) is 0 Å². The lowest BCUT2D eigenvalue weighted by Crippen LogP contribution is -2.47. The van der Waals surface area contributed by atoms with Gasteiger partial charge in [0, 0.05) is 20.1 Å². The van der Waals surface area contributed by atoms with Gasteiger partial charge in [-0.05, 0) is 36.8 Å². The Morgan fingerprint density at radius 2 is 2.10 bits per heavy atom. The van der Waals surface area contributed by atoms with Crippen molar-refractivity contribution in [1.82, 2.24) is 9.03 Å². The van der Waals surface area contributed by atoms with Crippen LogP contribution in [0.4, 0.5) is 0 Å². The molecule has 1 aliphatic rings. The van der Waals surface area contributed by atoms with Gasteiger partial charge < -0.3 is 5.11 Å². The van der Waals surface area contributed by atoms with Gasteiger partial charge in [0.1, 0.15) is 5.60 Å². The van der Waals surface area contributed by atoms with Crippen molar-refractivity contribution in [1.29, 1.82) is 0 Å². The molecule has 2 rings (SSSR count). The minimum absolute atomic E-state index is 0.0143. The fourth-order valence-electron chi connectivity index (χ4n) is 2.84. The van der Waals surface area contributed by atoms with Crippen LogP contribution in [0.25, 0.3) is 0 Å². The van der Waals surface area contributed by atoms with Crippen LogP contribution in [0, 0.1) is 0 Å². The molecule has 1 unspecified atom stereocenters. The van der Waals surface area contributed by atoms with E-state index >= 15 is 0 Å². The van der Waals surface area contributed by atoms with Crippen LogP contribution in [0.15, 0.2) is 24.3 Å². The summed E-state index contributed by atoms with van der Waals surface area (Å²) in [7, 11) is -1.99. The lowest BCUT2D eigenvalue weighted by Gasteiger charge is -2.35. The van der Waals surface area contributed by atoms with E-state index in [0.717, 1.165) is 30.4 Å². The second kappa shape index (κ2) is 6.44. The summed E-state index contributed by atoms with van der Waals surface area (Å²) in [5.41, 5.74) is 0.832. The van der Waals surface area contributed by atoms with Crippen molar-refractivity contribution < 1.29 is 13.5 Å². The second-order valence-corrected chi connectivity index (χ2v) is 7.55. The first-order chi connectivity index (χ1) is 9.89. The Morgan fingerprint density at radius 3 is 2.81 bits per heavy atom. The van der Waals surface area contributed by atoms with Crippen molar-refractivity contribution in [2.75, 3.05) is 20.1 Å². The van der Waals surface area contributed by atoms with Crippen LogP contribution in [-0.2, 0) is 22.2 Å². The van der Waals surface area contributed by atoms with Crippen molar-refractivity contribution >= 4 is 10.2 Å². The van der Waals surface area contributed by atoms with E-state index in [2.05, 4.69) is 4.72 Å². The van der Waals surface area contributed by atoms with E-state index in [4.69, 9.17) is 0 Å². The van der Waals surface area contributed by atoms with Crippen LogP contribution >= 0.6 is 0 Å². The number of fused-ring (bicyclic) bond motifs is 1. The molecule has 0 fully saturated rings. The molecule has 21 heavy (non-hydrogen) atoms. The van der Waals surface area contributed by atoms with Gasteiger partial charge in [-0.1, -0.05) is 31.2 Å². The van der Waals surface area contributed by atoms with E-state index in [9.17, 15) is 13.5 Å². The number of hydrogen-bond donors (Lipinski definition) is 2. The van der Waals surface area contributed by atoms with Gasteiger partial charge in [-0.3, -0.25) is 0 Å². The maximum Gasteiger partial charge on any atom is 0.279 e. The molecule has 1 aromatic carbocycles. The molecule has 0 aliphatic heterocycles.